The number of furan rings is 1. The number of amides is 2. The Balaban J connectivity index is 1.43. The maximum atomic E-state index is 12.1. The molecule has 0 bridgehead atoms. The largest absolute Gasteiger partial charge is 0.451 e. The molecule has 0 fully saturated rings. The highest BCUT2D eigenvalue weighted by molar-refractivity contribution is 6.32. The number of fused-ring (bicyclic) bond motifs is 1. The zero-order valence-electron chi connectivity index (χ0n) is 13.3. The fraction of sp³-hybridized carbons (Fsp3) is 0.167. The van der Waals surface area contributed by atoms with Crippen molar-refractivity contribution in [1.29, 1.82) is 0 Å². The molecule has 25 heavy (non-hydrogen) atoms. The second kappa shape index (κ2) is 7.81. The lowest BCUT2D eigenvalue weighted by Crippen LogP contribution is -2.29. The zero-order chi connectivity index (χ0) is 17.6. The van der Waals surface area contributed by atoms with Gasteiger partial charge in [-0.2, -0.15) is 0 Å². The molecule has 0 aliphatic carbocycles. The lowest BCUT2D eigenvalue weighted by molar-refractivity contribution is 0.0927. The van der Waals surface area contributed by atoms with Crippen molar-refractivity contribution in [1.82, 2.24) is 15.6 Å². The summed E-state index contributed by atoms with van der Waals surface area (Å²) >= 11 is 5.86. The fourth-order valence-electron chi connectivity index (χ4n) is 2.32. The molecule has 2 heterocycles. The van der Waals surface area contributed by atoms with Crippen molar-refractivity contribution in [3.8, 4) is 0 Å². The summed E-state index contributed by atoms with van der Waals surface area (Å²) in [4.78, 5) is 27.9. The molecule has 0 aliphatic heterocycles. The number of carbonyl (C=O) groups excluding carboxylic acids is 2. The van der Waals surface area contributed by atoms with Crippen LogP contribution >= 0.6 is 11.6 Å². The first-order valence-electron chi connectivity index (χ1n) is 7.80. The van der Waals surface area contributed by atoms with Crippen molar-refractivity contribution in [2.24, 2.45) is 0 Å². The van der Waals surface area contributed by atoms with E-state index in [2.05, 4.69) is 15.6 Å². The van der Waals surface area contributed by atoms with Crippen LogP contribution in [0.5, 0.6) is 0 Å². The predicted molar refractivity (Wildman–Crippen MR) is 94.7 cm³/mol. The van der Waals surface area contributed by atoms with Crippen molar-refractivity contribution < 1.29 is 14.0 Å². The van der Waals surface area contributed by atoms with E-state index in [1.807, 2.05) is 24.3 Å². The van der Waals surface area contributed by atoms with E-state index in [-0.39, 0.29) is 22.7 Å². The third kappa shape index (κ3) is 4.16. The zero-order valence-corrected chi connectivity index (χ0v) is 14.0. The maximum absolute atomic E-state index is 12.1. The highest BCUT2D eigenvalue weighted by atomic mass is 35.5. The standard InChI is InChI=1S/C18H16ClN3O3/c19-16-13(6-3-8-20-16)17(23)21-9-4-10-22-18(24)15-11-12-5-1-2-7-14(12)25-15/h1-3,5-8,11H,4,9-10H2,(H,21,23)(H,22,24). The Morgan fingerprint density at radius 1 is 1.04 bits per heavy atom. The van der Waals surface area contributed by atoms with Crippen LogP contribution in [0, 0.1) is 0 Å². The molecule has 6 nitrogen and oxygen atoms in total. The van der Waals surface area contributed by atoms with Crippen LogP contribution in [0.1, 0.15) is 27.3 Å². The van der Waals surface area contributed by atoms with Gasteiger partial charge in [0.1, 0.15) is 10.7 Å². The van der Waals surface area contributed by atoms with Crippen LogP contribution in [0.3, 0.4) is 0 Å². The summed E-state index contributed by atoms with van der Waals surface area (Å²) < 4.78 is 5.49. The first-order chi connectivity index (χ1) is 12.1. The number of hydrogen-bond acceptors (Lipinski definition) is 4. The number of halogens is 1. The molecule has 2 amide bonds. The van der Waals surface area contributed by atoms with Gasteiger partial charge in [-0.1, -0.05) is 29.8 Å². The summed E-state index contributed by atoms with van der Waals surface area (Å²) in [5.41, 5.74) is 1.00. The van der Waals surface area contributed by atoms with Gasteiger partial charge >= 0.3 is 0 Å². The third-order valence-corrected chi connectivity index (χ3v) is 3.88. The second-order valence-corrected chi connectivity index (χ2v) is 5.71. The van der Waals surface area contributed by atoms with Crippen LogP contribution in [0.25, 0.3) is 11.0 Å². The van der Waals surface area contributed by atoms with Crippen molar-refractivity contribution >= 4 is 34.4 Å². The lowest BCUT2D eigenvalue weighted by Gasteiger charge is -2.06. The van der Waals surface area contributed by atoms with E-state index in [9.17, 15) is 9.59 Å². The Bertz CT molecular complexity index is 874. The molecular formula is C18H16ClN3O3. The van der Waals surface area contributed by atoms with Crippen LogP contribution in [0.4, 0.5) is 0 Å². The van der Waals surface area contributed by atoms with Crippen LogP contribution in [0.2, 0.25) is 5.15 Å². The molecule has 0 saturated carbocycles. The minimum atomic E-state index is -0.290. The molecule has 0 spiro atoms. The summed E-state index contributed by atoms with van der Waals surface area (Å²) in [7, 11) is 0. The van der Waals surface area contributed by atoms with E-state index in [1.54, 1.807) is 18.2 Å². The van der Waals surface area contributed by atoms with Crippen LogP contribution in [-0.2, 0) is 0 Å². The SMILES string of the molecule is O=C(NCCCNC(=O)c1cccnc1Cl)c1cc2ccccc2o1. The molecule has 1 aromatic carbocycles. The topological polar surface area (TPSA) is 84.2 Å². The molecular weight excluding hydrogens is 342 g/mol. The second-order valence-electron chi connectivity index (χ2n) is 5.36. The Kier molecular flexibility index (Phi) is 5.30. The average Bonchev–Trinajstić information content (AvgIpc) is 3.05. The Hall–Kier alpha value is -2.86. The number of nitrogens with one attached hydrogen (secondary N) is 2. The fourth-order valence-corrected chi connectivity index (χ4v) is 2.53. The van der Waals surface area contributed by atoms with Gasteiger partial charge in [0, 0.05) is 24.7 Å². The van der Waals surface area contributed by atoms with Gasteiger partial charge in [-0.15, -0.1) is 0 Å². The number of pyridine rings is 1. The molecule has 0 saturated heterocycles. The van der Waals surface area contributed by atoms with E-state index < -0.39 is 0 Å². The van der Waals surface area contributed by atoms with Gasteiger partial charge in [0.15, 0.2) is 5.76 Å². The van der Waals surface area contributed by atoms with Gasteiger partial charge < -0.3 is 15.1 Å². The predicted octanol–water partition coefficient (Wildman–Crippen LogP) is 3.03. The number of para-hydroxylation sites is 1. The smallest absolute Gasteiger partial charge is 0.287 e. The third-order valence-electron chi connectivity index (χ3n) is 3.58. The maximum Gasteiger partial charge on any atom is 0.287 e. The number of nitrogens with zero attached hydrogens (tertiary/aromatic N) is 1. The van der Waals surface area contributed by atoms with Crippen LogP contribution in [0.15, 0.2) is 53.1 Å². The molecule has 7 heteroatoms. The molecule has 0 radical (unpaired) electrons. The summed E-state index contributed by atoms with van der Waals surface area (Å²) in [5.74, 6) is -0.299. The number of benzene rings is 1. The number of rotatable bonds is 6. The Morgan fingerprint density at radius 2 is 1.80 bits per heavy atom. The summed E-state index contributed by atoms with van der Waals surface area (Å²) in [6.07, 6.45) is 2.10. The quantitative estimate of drug-likeness (QED) is 0.524. The van der Waals surface area contributed by atoms with Gasteiger partial charge in [-0.05, 0) is 30.7 Å². The van der Waals surface area contributed by atoms with Crippen LogP contribution in [-0.4, -0.2) is 29.9 Å². The number of hydrogen-bond donors (Lipinski definition) is 2. The van der Waals surface area contributed by atoms with Gasteiger partial charge in [0.2, 0.25) is 0 Å². The van der Waals surface area contributed by atoms with Gasteiger partial charge in [-0.25, -0.2) is 4.98 Å². The summed E-state index contributed by atoms with van der Waals surface area (Å²) in [6.45, 7) is 0.821. The van der Waals surface area contributed by atoms with E-state index in [0.717, 1.165) is 5.39 Å². The molecule has 2 N–H and O–H groups in total. The molecule has 2 aromatic heterocycles. The van der Waals surface area contributed by atoms with Gasteiger partial charge in [0.25, 0.3) is 11.8 Å². The highest BCUT2D eigenvalue weighted by Gasteiger charge is 2.12. The van der Waals surface area contributed by atoms with Gasteiger partial charge in [-0.3, -0.25) is 9.59 Å². The minimum Gasteiger partial charge on any atom is -0.451 e. The van der Waals surface area contributed by atoms with E-state index >= 15 is 0 Å². The molecule has 3 rings (SSSR count). The summed E-state index contributed by atoms with van der Waals surface area (Å²) in [6, 6.07) is 12.4. The monoisotopic (exact) mass is 357 g/mol. The lowest BCUT2D eigenvalue weighted by atomic mass is 10.2. The highest BCUT2D eigenvalue weighted by Crippen LogP contribution is 2.18. The van der Waals surface area contributed by atoms with E-state index in [0.29, 0.717) is 30.7 Å². The molecule has 0 unspecified atom stereocenters. The average molecular weight is 358 g/mol. The number of aromatic nitrogens is 1. The minimum absolute atomic E-state index is 0.165. The number of carbonyl (C=O) groups is 2. The van der Waals surface area contributed by atoms with Crippen molar-refractivity contribution in [2.45, 2.75) is 6.42 Å². The Morgan fingerprint density at radius 3 is 2.56 bits per heavy atom. The molecule has 0 atom stereocenters. The first kappa shape index (κ1) is 17.0. The van der Waals surface area contributed by atoms with Crippen molar-refractivity contribution in [3.63, 3.8) is 0 Å². The Labute approximate surface area is 149 Å². The van der Waals surface area contributed by atoms with Crippen LogP contribution < -0.4 is 10.6 Å². The van der Waals surface area contributed by atoms with E-state index in [1.165, 1.54) is 6.20 Å². The van der Waals surface area contributed by atoms with Gasteiger partial charge in [0.05, 0.1) is 5.56 Å². The molecule has 128 valence electrons. The first-order valence-corrected chi connectivity index (χ1v) is 8.18. The van der Waals surface area contributed by atoms with Crippen molar-refractivity contribution in [2.75, 3.05) is 13.1 Å². The molecule has 3 aromatic rings. The van der Waals surface area contributed by atoms with E-state index in [4.69, 9.17) is 16.0 Å². The molecule has 0 aliphatic rings. The van der Waals surface area contributed by atoms with Crippen molar-refractivity contribution in [3.05, 3.63) is 65.1 Å². The normalized spacial score (nSPS) is 10.6. The summed E-state index contributed by atoms with van der Waals surface area (Å²) in [5, 5.41) is 6.55.